The lowest BCUT2D eigenvalue weighted by Gasteiger charge is -2.20. The van der Waals surface area contributed by atoms with Gasteiger partial charge in [0.05, 0.1) is 5.70 Å². The Labute approximate surface area is 252 Å². The Morgan fingerprint density at radius 3 is 2.37 bits per heavy atom. The smallest absolute Gasteiger partial charge is 0.147 e. The van der Waals surface area contributed by atoms with Crippen LogP contribution in [0.5, 0.6) is 0 Å². The van der Waals surface area contributed by atoms with Gasteiger partial charge in [0.1, 0.15) is 11.6 Å². The van der Waals surface area contributed by atoms with Crippen LogP contribution in [0.1, 0.15) is 107 Å². The van der Waals surface area contributed by atoms with Gasteiger partial charge in [0, 0.05) is 30.0 Å². The van der Waals surface area contributed by atoms with Crippen molar-refractivity contribution in [3.8, 4) is 0 Å². The predicted octanol–water partition coefficient (Wildman–Crippen LogP) is 10.8. The molecule has 1 aliphatic heterocycles. The molecular weight excluding hydrogens is 529 g/mol. The van der Waals surface area contributed by atoms with E-state index in [-0.39, 0.29) is 11.7 Å². The molecule has 2 aromatic carbocycles. The van der Waals surface area contributed by atoms with Gasteiger partial charge in [-0.1, -0.05) is 73.5 Å². The molecule has 4 rings (SSSR count). The molecule has 0 amide bonds. The first-order valence-corrected chi connectivity index (χ1v) is 16.4. The van der Waals surface area contributed by atoms with Crippen LogP contribution in [0.15, 0.2) is 76.7 Å². The molecule has 2 aromatic rings. The van der Waals surface area contributed by atoms with Crippen molar-refractivity contribution in [2.24, 2.45) is 16.8 Å². The zero-order valence-electron chi connectivity index (χ0n) is 24.9. The molecule has 1 atom stereocenters. The number of allylic oxidation sites excluding steroid dienone is 4. The molecule has 1 heterocycles. The van der Waals surface area contributed by atoms with E-state index in [9.17, 15) is 4.79 Å². The van der Waals surface area contributed by atoms with Crippen molar-refractivity contribution in [3.63, 3.8) is 0 Å². The fourth-order valence-corrected chi connectivity index (χ4v) is 6.11. The first kappa shape index (κ1) is 31.4. The van der Waals surface area contributed by atoms with Crippen LogP contribution in [-0.2, 0) is 24.1 Å². The second kappa shape index (κ2) is 16.8. The number of ketones is 1. The maximum atomic E-state index is 16.1. The van der Waals surface area contributed by atoms with E-state index in [2.05, 4.69) is 43.3 Å². The average molecular weight is 576 g/mol. The normalized spacial score (nSPS) is 20.1. The number of hydrogen-bond donors (Lipinski definition) is 0. The van der Waals surface area contributed by atoms with Crippen LogP contribution in [0.2, 0.25) is 5.02 Å². The molecule has 0 saturated heterocycles. The average Bonchev–Trinajstić information content (AvgIpc) is 3.82. The summed E-state index contributed by atoms with van der Waals surface area (Å²) in [7, 11) is 0. The van der Waals surface area contributed by atoms with Crippen LogP contribution in [-0.4, -0.2) is 12.0 Å². The zero-order valence-corrected chi connectivity index (χ0v) is 25.6. The van der Waals surface area contributed by atoms with Gasteiger partial charge in [-0.3, -0.25) is 9.79 Å². The second-order valence-corrected chi connectivity index (χ2v) is 12.3. The van der Waals surface area contributed by atoms with Gasteiger partial charge in [-0.15, -0.1) is 0 Å². The number of carbonyl (C=O) groups excluding carboxylic acids is 1. The first-order valence-electron chi connectivity index (χ1n) is 16.0. The minimum absolute atomic E-state index is 0.0616. The highest BCUT2D eigenvalue weighted by Crippen LogP contribution is 2.45. The summed E-state index contributed by atoms with van der Waals surface area (Å²) in [6, 6.07) is 16.7. The highest BCUT2D eigenvalue weighted by Gasteiger charge is 2.35. The lowest BCUT2D eigenvalue weighted by atomic mass is 9.89. The number of hydrogen-bond acceptors (Lipinski definition) is 2. The fourth-order valence-electron chi connectivity index (χ4n) is 5.88. The third kappa shape index (κ3) is 10.4. The van der Waals surface area contributed by atoms with Crippen LogP contribution in [0, 0.1) is 11.8 Å². The largest absolute Gasteiger partial charge is 0.300 e. The number of aryl methyl sites for hydroxylation is 3. The Balaban J connectivity index is 1.28. The van der Waals surface area contributed by atoms with E-state index in [4.69, 9.17) is 16.6 Å². The van der Waals surface area contributed by atoms with Crippen LogP contribution >= 0.6 is 11.6 Å². The van der Waals surface area contributed by atoms with E-state index in [1.54, 1.807) is 0 Å². The topological polar surface area (TPSA) is 29.4 Å². The highest BCUT2D eigenvalue weighted by molar-refractivity contribution is 6.31. The third-order valence-electron chi connectivity index (χ3n) is 8.57. The molecule has 0 bridgehead atoms. The van der Waals surface area contributed by atoms with E-state index < -0.39 is 0 Å². The van der Waals surface area contributed by atoms with Gasteiger partial charge >= 0.3 is 0 Å². The van der Waals surface area contributed by atoms with E-state index in [1.807, 2.05) is 24.4 Å². The molecule has 1 aliphatic carbocycles. The number of Topliss-reactive ketones (excluding diaryl/α,β-unsaturated/α-hetero) is 1. The van der Waals surface area contributed by atoms with E-state index in [0.29, 0.717) is 30.2 Å². The van der Waals surface area contributed by atoms with Crippen molar-refractivity contribution in [2.75, 3.05) is 0 Å². The minimum Gasteiger partial charge on any atom is -0.300 e. The van der Waals surface area contributed by atoms with Gasteiger partial charge in [-0.25, -0.2) is 4.39 Å². The number of benzene rings is 2. The first-order chi connectivity index (χ1) is 20.0. The van der Waals surface area contributed by atoms with Crippen LogP contribution < -0.4 is 0 Å². The predicted molar refractivity (Wildman–Crippen MR) is 171 cm³/mol. The Hall–Kier alpha value is -2.52. The standard InChI is InChI=1S/C37H47ClFNO/c1-2-3-16-33(41)26-23-29-21-19-28(20-22-29)11-4-5-13-32-14-8-9-27-40-37(36(32)39)34(30-24-25-30)17-10-15-31-12-6-7-18-35(31)38/h6-7,12,14,18-22,27,30,34H,2-5,8-11,13,15-17,23-26H2,1H3/b32-14-,37-36+,40-27+. The number of aliphatic imine (C=N–C) groups is 1. The van der Waals surface area contributed by atoms with E-state index in [0.717, 1.165) is 87.6 Å². The Morgan fingerprint density at radius 2 is 1.63 bits per heavy atom. The summed E-state index contributed by atoms with van der Waals surface area (Å²) in [5.41, 5.74) is 5.27. The summed E-state index contributed by atoms with van der Waals surface area (Å²) >= 11 is 6.38. The van der Waals surface area contributed by atoms with E-state index in [1.165, 1.54) is 29.5 Å². The molecule has 41 heavy (non-hydrogen) atoms. The van der Waals surface area contributed by atoms with Crippen molar-refractivity contribution < 1.29 is 9.18 Å². The number of halogens is 2. The monoisotopic (exact) mass is 575 g/mol. The van der Waals surface area contributed by atoms with Crippen molar-refractivity contribution in [3.05, 3.63) is 93.4 Å². The van der Waals surface area contributed by atoms with Crippen LogP contribution in [0.25, 0.3) is 0 Å². The zero-order chi connectivity index (χ0) is 28.9. The van der Waals surface area contributed by atoms with Crippen LogP contribution in [0.4, 0.5) is 4.39 Å². The number of nitrogens with zero attached hydrogens (tertiary/aromatic N) is 1. The van der Waals surface area contributed by atoms with Crippen LogP contribution in [0.3, 0.4) is 0 Å². The molecule has 1 fully saturated rings. The molecule has 2 aliphatic rings. The molecule has 0 aromatic heterocycles. The second-order valence-electron chi connectivity index (χ2n) is 11.9. The molecule has 2 nitrogen and oxygen atoms in total. The molecule has 0 spiro atoms. The van der Waals surface area contributed by atoms with Gasteiger partial charge in [0.2, 0.25) is 0 Å². The maximum absolute atomic E-state index is 16.1. The molecule has 0 N–H and O–H groups in total. The van der Waals surface area contributed by atoms with Crippen molar-refractivity contribution in [2.45, 2.75) is 110 Å². The third-order valence-corrected chi connectivity index (χ3v) is 8.94. The van der Waals surface area contributed by atoms with Crippen molar-refractivity contribution in [1.29, 1.82) is 0 Å². The number of rotatable bonds is 17. The summed E-state index contributed by atoms with van der Waals surface area (Å²) < 4.78 is 16.1. The molecule has 220 valence electrons. The number of carbonyl (C=O) groups is 1. The van der Waals surface area contributed by atoms with Gasteiger partial charge in [-0.05, 0) is 118 Å². The number of unbranched alkanes of at least 4 members (excludes halogenated alkanes) is 2. The van der Waals surface area contributed by atoms with Gasteiger partial charge in [0.15, 0.2) is 0 Å². The van der Waals surface area contributed by atoms with Gasteiger partial charge < -0.3 is 0 Å². The molecular formula is C37H47ClFNO. The molecule has 1 saturated carbocycles. The maximum Gasteiger partial charge on any atom is 0.147 e. The minimum atomic E-state index is -0.0616. The van der Waals surface area contributed by atoms with Crippen molar-refractivity contribution in [1.82, 2.24) is 0 Å². The van der Waals surface area contributed by atoms with Crippen molar-refractivity contribution >= 4 is 23.6 Å². The summed E-state index contributed by atoms with van der Waals surface area (Å²) in [4.78, 5) is 16.7. The molecule has 0 radical (unpaired) electrons. The van der Waals surface area contributed by atoms with Gasteiger partial charge in [-0.2, -0.15) is 0 Å². The summed E-state index contributed by atoms with van der Waals surface area (Å²) in [6.07, 6.45) is 19.0. The highest BCUT2D eigenvalue weighted by atomic mass is 35.5. The Kier molecular flexibility index (Phi) is 12.9. The molecule has 4 heteroatoms. The summed E-state index contributed by atoms with van der Waals surface area (Å²) in [5, 5.41) is 0.820. The molecule has 1 unspecified atom stereocenters. The summed E-state index contributed by atoms with van der Waals surface area (Å²) in [5.74, 6) is 1.05. The lowest BCUT2D eigenvalue weighted by molar-refractivity contribution is -0.119. The van der Waals surface area contributed by atoms with Gasteiger partial charge in [0.25, 0.3) is 0 Å². The van der Waals surface area contributed by atoms with E-state index >= 15 is 4.39 Å². The SMILES string of the molecule is CCCCC(=O)CCc1ccc(CCCCC2=C/CC/C=N/C(C(CCCc3ccccc3Cl)C3CC3)=C\2F)cc1. The quantitative estimate of drug-likeness (QED) is 0.172. The summed E-state index contributed by atoms with van der Waals surface area (Å²) in [6.45, 7) is 2.12. The Morgan fingerprint density at radius 1 is 0.902 bits per heavy atom. The lowest BCUT2D eigenvalue weighted by Crippen LogP contribution is -2.10. The Bertz CT molecular complexity index is 1210. The fraction of sp³-hybridized carbons (Fsp3) is 0.514.